The van der Waals surface area contributed by atoms with Gasteiger partial charge in [0, 0.05) is 36.0 Å². The Morgan fingerprint density at radius 1 is 1.28 bits per heavy atom. The molecule has 0 saturated carbocycles. The van der Waals surface area contributed by atoms with Gasteiger partial charge in [0.1, 0.15) is 23.7 Å². The van der Waals surface area contributed by atoms with E-state index in [2.05, 4.69) is 19.9 Å². The molecule has 0 aliphatic carbocycles. The van der Waals surface area contributed by atoms with Crippen LogP contribution in [0.25, 0.3) is 0 Å². The maximum atomic E-state index is 9.70. The summed E-state index contributed by atoms with van der Waals surface area (Å²) in [4.78, 5) is 0. The summed E-state index contributed by atoms with van der Waals surface area (Å²) in [6, 6.07) is 2.13. The van der Waals surface area contributed by atoms with Crippen LogP contribution in [0.4, 0.5) is 0 Å². The number of rotatable bonds is 2. The first-order chi connectivity index (χ1) is 8.54. The highest BCUT2D eigenvalue weighted by Crippen LogP contribution is 2.43. The lowest BCUT2D eigenvalue weighted by Gasteiger charge is -2.14. The second kappa shape index (κ2) is 4.16. The summed E-state index contributed by atoms with van der Waals surface area (Å²) >= 11 is 0. The first-order valence-electron chi connectivity index (χ1n) is 6.73. The summed E-state index contributed by atoms with van der Waals surface area (Å²) in [5, 5.41) is 9.70. The van der Waals surface area contributed by atoms with Gasteiger partial charge in [-0.15, -0.1) is 0 Å². The van der Waals surface area contributed by atoms with Crippen LogP contribution in [0.1, 0.15) is 37.5 Å². The third-order valence-corrected chi connectivity index (χ3v) is 3.68. The Bertz CT molecular complexity index is 443. The molecular weight excluding hydrogens is 228 g/mol. The van der Waals surface area contributed by atoms with E-state index in [0.29, 0.717) is 6.42 Å². The lowest BCUT2D eigenvalue weighted by molar-refractivity contribution is 0.191. The van der Waals surface area contributed by atoms with Gasteiger partial charge in [-0.05, 0) is 26.8 Å². The van der Waals surface area contributed by atoms with Crippen molar-refractivity contribution in [1.29, 1.82) is 0 Å². The number of fused-ring (bicyclic) bond motifs is 2. The summed E-state index contributed by atoms with van der Waals surface area (Å²) < 4.78 is 11.8. The third kappa shape index (κ3) is 1.87. The minimum absolute atomic E-state index is 0.229. The van der Waals surface area contributed by atoms with E-state index in [1.807, 2.05) is 6.92 Å². The van der Waals surface area contributed by atoms with Gasteiger partial charge in [-0.2, -0.15) is 0 Å². The molecule has 1 aromatic rings. The summed E-state index contributed by atoms with van der Waals surface area (Å²) in [7, 11) is 0. The summed E-state index contributed by atoms with van der Waals surface area (Å²) in [6.45, 7) is 5.99. The number of aliphatic hydroxyl groups excluding tert-OH is 1. The van der Waals surface area contributed by atoms with Crippen LogP contribution >= 0.6 is 0 Å². The van der Waals surface area contributed by atoms with Crippen LogP contribution in [0.15, 0.2) is 6.07 Å². The monoisotopic (exact) mass is 248 g/mol. The van der Waals surface area contributed by atoms with Crippen molar-refractivity contribution in [2.45, 2.75) is 58.3 Å². The van der Waals surface area contributed by atoms with Crippen LogP contribution in [0.5, 0.6) is 11.5 Å². The molecule has 2 aliphatic heterocycles. The Hall–Kier alpha value is -1.22. The van der Waals surface area contributed by atoms with Gasteiger partial charge in [-0.1, -0.05) is 0 Å². The van der Waals surface area contributed by atoms with Crippen LogP contribution in [0.3, 0.4) is 0 Å². The molecular formula is C15H20O3. The second-order valence-electron chi connectivity index (χ2n) is 5.64. The lowest BCUT2D eigenvalue weighted by atomic mass is 9.94. The molecule has 0 amide bonds. The first-order valence-corrected chi connectivity index (χ1v) is 6.73. The zero-order valence-electron chi connectivity index (χ0n) is 11.2. The molecule has 0 bridgehead atoms. The zero-order chi connectivity index (χ0) is 12.9. The molecule has 3 nitrogen and oxygen atoms in total. The molecule has 0 radical (unpaired) electrons. The SMILES string of the molecule is CC(O)Cc1c2c(cc3c1OC(C)C3)OC(C)C2. The molecule has 18 heavy (non-hydrogen) atoms. The molecule has 3 rings (SSSR count). The van der Waals surface area contributed by atoms with E-state index >= 15 is 0 Å². The minimum Gasteiger partial charge on any atom is -0.490 e. The predicted molar refractivity (Wildman–Crippen MR) is 69.4 cm³/mol. The topological polar surface area (TPSA) is 38.7 Å². The molecule has 0 fully saturated rings. The van der Waals surface area contributed by atoms with Crippen LogP contribution in [-0.4, -0.2) is 23.4 Å². The number of aliphatic hydroxyl groups is 1. The molecule has 0 spiro atoms. The number of ether oxygens (including phenoxy) is 2. The Morgan fingerprint density at radius 3 is 2.72 bits per heavy atom. The van der Waals surface area contributed by atoms with Gasteiger partial charge in [0.05, 0.1) is 6.10 Å². The molecule has 3 unspecified atom stereocenters. The zero-order valence-corrected chi connectivity index (χ0v) is 11.2. The first kappa shape index (κ1) is 11.8. The van der Waals surface area contributed by atoms with Crippen LogP contribution < -0.4 is 9.47 Å². The number of hydrogen-bond donors (Lipinski definition) is 1. The molecule has 2 heterocycles. The van der Waals surface area contributed by atoms with Crippen molar-refractivity contribution in [3.63, 3.8) is 0 Å². The Labute approximate surface area is 108 Å². The Kier molecular flexibility index (Phi) is 2.74. The van der Waals surface area contributed by atoms with E-state index in [4.69, 9.17) is 9.47 Å². The van der Waals surface area contributed by atoms with Crippen molar-refractivity contribution in [3.8, 4) is 11.5 Å². The number of benzene rings is 1. The van der Waals surface area contributed by atoms with Crippen molar-refractivity contribution in [2.75, 3.05) is 0 Å². The summed E-state index contributed by atoms with van der Waals surface area (Å²) in [6.07, 6.45) is 2.61. The van der Waals surface area contributed by atoms with Gasteiger partial charge in [0.2, 0.25) is 0 Å². The fourth-order valence-corrected chi connectivity index (χ4v) is 3.03. The standard InChI is InChI=1S/C15H20O3/c1-8(16)4-13-12-6-10(3)17-14(12)7-11-5-9(2)18-15(11)13/h7-10,16H,4-6H2,1-3H3. The van der Waals surface area contributed by atoms with Gasteiger partial charge in [-0.3, -0.25) is 0 Å². The van der Waals surface area contributed by atoms with E-state index in [1.54, 1.807) is 0 Å². The fourth-order valence-electron chi connectivity index (χ4n) is 3.03. The highest BCUT2D eigenvalue weighted by atomic mass is 16.5. The lowest BCUT2D eigenvalue weighted by Crippen LogP contribution is -2.10. The molecule has 2 aliphatic rings. The fraction of sp³-hybridized carbons (Fsp3) is 0.600. The molecule has 3 heteroatoms. The Morgan fingerprint density at radius 2 is 2.00 bits per heavy atom. The average Bonchev–Trinajstić information content (AvgIpc) is 2.79. The largest absolute Gasteiger partial charge is 0.490 e. The van der Waals surface area contributed by atoms with Crippen molar-refractivity contribution in [3.05, 3.63) is 22.8 Å². The predicted octanol–water partition coefficient (Wildman–Crippen LogP) is 2.26. The average molecular weight is 248 g/mol. The maximum Gasteiger partial charge on any atom is 0.126 e. The normalized spacial score (nSPS) is 26.2. The van der Waals surface area contributed by atoms with E-state index < -0.39 is 0 Å². The van der Waals surface area contributed by atoms with E-state index in [9.17, 15) is 5.11 Å². The van der Waals surface area contributed by atoms with Crippen molar-refractivity contribution < 1.29 is 14.6 Å². The van der Waals surface area contributed by atoms with E-state index in [0.717, 1.165) is 29.9 Å². The number of hydrogen-bond acceptors (Lipinski definition) is 3. The van der Waals surface area contributed by atoms with E-state index in [-0.39, 0.29) is 18.3 Å². The van der Waals surface area contributed by atoms with Crippen molar-refractivity contribution in [2.24, 2.45) is 0 Å². The molecule has 0 saturated heterocycles. The summed E-state index contributed by atoms with van der Waals surface area (Å²) in [5.74, 6) is 1.99. The molecule has 1 aromatic carbocycles. The maximum absolute atomic E-state index is 9.70. The second-order valence-corrected chi connectivity index (χ2v) is 5.64. The van der Waals surface area contributed by atoms with Crippen molar-refractivity contribution >= 4 is 0 Å². The Balaban J connectivity index is 2.09. The van der Waals surface area contributed by atoms with Gasteiger partial charge >= 0.3 is 0 Å². The molecule has 1 N–H and O–H groups in total. The van der Waals surface area contributed by atoms with Gasteiger partial charge in [0.25, 0.3) is 0 Å². The quantitative estimate of drug-likeness (QED) is 0.872. The van der Waals surface area contributed by atoms with Crippen molar-refractivity contribution in [1.82, 2.24) is 0 Å². The smallest absolute Gasteiger partial charge is 0.126 e. The van der Waals surface area contributed by atoms with Gasteiger partial charge in [-0.25, -0.2) is 0 Å². The highest BCUT2D eigenvalue weighted by molar-refractivity contribution is 5.57. The van der Waals surface area contributed by atoms with Crippen LogP contribution in [0.2, 0.25) is 0 Å². The van der Waals surface area contributed by atoms with E-state index in [1.165, 1.54) is 11.1 Å². The molecule has 0 aromatic heterocycles. The van der Waals surface area contributed by atoms with Crippen LogP contribution in [0, 0.1) is 0 Å². The third-order valence-electron chi connectivity index (χ3n) is 3.68. The van der Waals surface area contributed by atoms with Gasteiger partial charge < -0.3 is 14.6 Å². The molecule has 3 atom stereocenters. The molecule has 98 valence electrons. The minimum atomic E-state index is -0.351. The van der Waals surface area contributed by atoms with Gasteiger partial charge in [0.15, 0.2) is 0 Å². The summed E-state index contributed by atoms with van der Waals surface area (Å²) in [5.41, 5.74) is 3.62. The van der Waals surface area contributed by atoms with Crippen LogP contribution in [-0.2, 0) is 19.3 Å². The highest BCUT2D eigenvalue weighted by Gasteiger charge is 2.31.